The largest absolute Gasteiger partial charge is 0.393 e. The number of hydrogen-bond donors (Lipinski definition) is 3. The third-order valence-corrected chi connectivity index (χ3v) is 5.44. The summed E-state index contributed by atoms with van der Waals surface area (Å²) in [6, 6.07) is -0.140. The van der Waals surface area contributed by atoms with Crippen molar-refractivity contribution in [2.24, 2.45) is 13.0 Å². The molecule has 1 saturated carbocycles. The fourth-order valence-corrected chi connectivity index (χ4v) is 3.95. The second-order valence-electron chi connectivity index (χ2n) is 6.25. The van der Waals surface area contributed by atoms with Gasteiger partial charge in [-0.05, 0) is 32.6 Å². The number of thiazole rings is 1. The van der Waals surface area contributed by atoms with Crippen LogP contribution in [0.15, 0.2) is 12.4 Å². The lowest BCUT2D eigenvalue weighted by Crippen LogP contribution is -2.41. The summed E-state index contributed by atoms with van der Waals surface area (Å²) < 4.78 is 1.73. The Morgan fingerprint density at radius 1 is 1.54 bits per heavy atom. The molecule has 7 nitrogen and oxygen atoms in total. The van der Waals surface area contributed by atoms with Crippen molar-refractivity contribution >= 4 is 22.4 Å². The number of anilines is 1. The molecule has 2 heterocycles. The van der Waals surface area contributed by atoms with Gasteiger partial charge in [0.1, 0.15) is 4.88 Å². The van der Waals surface area contributed by atoms with Crippen LogP contribution in [0, 0.1) is 12.8 Å². The lowest BCUT2D eigenvalue weighted by Gasteiger charge is -2.37. The number of aryl methyl sites for hydroxylation is 2. The Kier molecular flexibility index (Phi) is 4.86. The van der Waals surface area contributed by atoms with Crippen LogP contribution in [0.4, 0.5) is 5.13 Å². The van der Waals surface area contributed by atoms with Crippen LogP contribution in [0.3, 0.4) is 0 Å². The molecule has 1 aliphatic rings. The van der Waals surface area contributed by atoms with Crippen molar-refractivity contribution in [2.75, 3.05) is 11.9 Å². The Labute approximate surface area is 145 Å². The molecule has 2 aromatic heterocycles. The van der Waals surface area contributed by atoms with Crippen LogP contribution in [0.25, 0.3) is 0 Å². The third kappa shape index (κ3) is 3.44. The van der Waals surface area contributed by atoms with Crippen molar-refractivity contribution < 1.29 is 9.90 Å². The molecule has 1 amide bonds. The van der Waals surface area contributed by atoms with Gasteiger partial charge in [0.15, 0.2) is 5.13 Å². The Bertz CT molecular complexity index is 720. The standard InChI is InChI=1S/C16H23N5O2S/c1-4-17-16-19-9(2)14(24-16)15(23)20-13(10-5-12(22)6-10)11-7-18-21(3)8-11/h7-8,10,12-13,22H,4-6H2,1-3H3,(H,17,19)(H,20,23)/t10?,12?,13-/m1/s1. The summed E-state index contributed by atoms with van der Waals surface area (Å²) in [7, 11) is 1.86. The lowest BCUT2D eigenvalue weighted by molar-refractivity contribution is 0.0235. The summed E-state index contributed by atoms with van der Waals surface area (Å²) in [5.74, 6) is 0.110. The van der Waals surface area contributed by atoms with E-state index in [0.29, 0.717) is 17.7 Å². The maximum atomic E-state index is 12.7. The van der Waals surface area contributed by atoms with Gasteiger partial charge < -0.3 is 15.7 Å². The molecule has 3 rings (SSSR count). The topological polar surface area (TPSA) is 92.1 Å². The second kappa shape index (κ2) is 6.90. The summed E-state index contributed by atoms with van der Waals surface area (Å²) in [5.41, 5.74) is 1.70. The van der Waals surface area contributed by atoms with Gasteiger partial charge in [-0.3, -0.25) is 9.48 Å². The predicted octanol–water partition coefficient (Wildman–Crippen LogP) is 1.86. The highest BCUT2D eigenvalue weighted by Crippen LogP contribution is 2.38. The molecule has 130 valence electrons. The molecule has 0 saturated heterocycles. The summed E-state index contributed by atoms with van der Waals surface area (Å²) >= 11 is 1.37. The minimum absolute atomic E-state index is 0.121. The van der Waals surface area contributed by atoms with E-state index in [4.69, 9.17) is 0 Å². The summed E-state index contributed by atoms with van der Waals surface area (Å²) in [6.45, 7) is 4.61. The van der Waals surface area contributed by atoms with Crippen LogP contribution in [-0.2, 0) is 7.05 Å². The third-order valence-electron chi connectivity index (χ3n) is 4.32. The van der Waals surface area contributed by atoms with Crippen molar-refractivity contribution in [3.05, 3.63) is 28.5 Å². The Morgan fingerprint density at radius 3 is 2.88 bits per heavy atom. The quantitative estimate of drug-likeness (QED) is 0.740. The van der Waals surface area contributed by atoms with Gasteiger partial charge in [0, 0.05) is 25.4 Å². The van der Waals surface area contributed by atoms with Crippen LogP contribution in [-0.4, -0.2) is 38.4 Å². The fourth-order valence-electron chi connectivity index (χ4n) is 3.02. The van der Waals surface area contributed by atoms with Crippen molar-refractivity contribution in [3.63, 3.8) is 0 Å². The Hall–Kier alpha value is -1.93. The van der Waals surface area contributed by atoms with Gasteiger partial charge in [-0.1, -0.05) is 11.3 Å². The number of nitrogens with zero attached hydrogens (tertiary/aromatic N) is 3. The lowest BCUT2D eigenvalue weighted by atomic mass is 9.75. The molecule has 0 radical (unpaired) electrons. The van der Waals surface area contributed by atoms with Gasteiger partial charge in [0.2, 0.25) is 0 Å². The minimum Gasteiger partial charge on any atom is -0.393 e. The number of aliphatic hydroxyl groups is 1. The van der Waals surface area contributed by atoms with E-state index in [1.165, 1.54) is 11.3 Å². The Balaban J connectivity index is 1.78. The minimum atomic E-state index is -0.267. The van der Waals surface area contributed by atoms with E-state index < -0.39 is 0 Å². The van der Waals surface area contributed by atoms with Gasteiger partial charge in [0.05, 0.1) is 24.0 Å². The monoisotopic (exact) mass is 349 g/mol. The molecule has 0 unspecified atom stereocenters. The zero-order valence-electron chi connectivity index (χ0n) is 14.1. The van der Waals surface area contributed by atoms with Crippen LogP contribution < -0.4 is 10.6 Å². The number of hydrogen-bond acceptors (Lipinski definition) is 6. The number of aromatic nitrogens is 3. The number of carbonyl (C=O) groups is 1. The van der Waals surface area contributed by atoms with E-state index in [9.17, 15) is 9.90 Å². The number of rotatable bonds is 6. The molecule has 1 fully saturated rings. The predicted molar refractivity (Wildman–Crippen MR) is 93.2 cm³/mol. The van der Waals surface area contributed by atoms with E-state index in [2.05, 4.69) is 20.7 Å². The van der Waals surface area contributed by atoms with Gasteiger partial charge in [-0.2, -0.15) is 5.10 Å². The maximum Gasteiger partial charge on any atom is 0.263 e. The van der Waals surface area contributed by atoms with E-state index in [0.717, 1.165) is 22.9 Å². The van der Waals surface area contributed by atoms with Crippen LogP contribution in [0.5, 0.6) is 0 Å². The molecular formula is C16H23N5O2S. The summed E-state index contributed by atoms with van der Waals surface area (Å²) in [6.07, 6.45) is 4.82. The smallest absolute Gasteiger partial charge is 0.263 e. The van der Waals surface area contributed by atoms with Crippen molar-refractivity contribution in [2.45, 2.75) is 38.8 Å². The average molecular weight is 349 g/mol. The molecule has 3 N–H and O–H groups in total. The number of aliphatic hydroxyl groups excluding tert-OH is 1. The van der Waals surface area contributed by atoms with Crippen LogP contribution >= 0.6 is 11.3 Å². The maximum absolute atomic E-state index is 12.7. The first kappa shape index (κ1) is 16.9. The normalized spacial score (nSPS) is 21.2. The molecule has 0 aliphatic heterocycles. The SMILES string of the molecule is CCNc1nc(C)c(C(=O)N[C@@H](c2cnn(C)c2)C2CC(O)C2)s1. The molecule has 0 aromatic carbocycles. The van der Waals surface area contributed by atoms with E-state index in [-0.39, 0.29) is 24.0 Å². The van der Waals surface area contributed by atoms with Gasteiger partial charge in [-0.15, -0.1) is 0 Å². The highest BCUT2D eigenvalue weighted by Gasteiger charge is 2.36. The van der Waals surface area contributed by atoms with E-state index >= 15 is 0 Å². The summed E-state index contributed by atoms with van der Waals surface area (Å²) in [4.78, 5) is 17.8. The first-order chi connectivity index (χ1) is 11.5. The zero-order chi connectivity index (χ0) is 17.3. The number of amides is 1. The summed E-state index contributed by atoms with van der Waals surface area (Å²) in [5, 5.41) is 20.9. The van der Waals surface area contributed by atoms with Crippen LogP contribution in [0.2, 0.25) is 0 Å². The molecule has 0 spiro atoms. The zero-order valence-corrected chi connectivity index (χ0v) is 14.9. The molecule has 8 heteroatoms. The number of carbonyl (C=O) groups excluding carboxylic acids is 1. The van der Waals surface area contributed by atoms with Crippen molar-refractivity contribution in [1.29, 1.82) is 0 Å². The molecule has 0 bridgehead atoms. The number of nitrogens with one attached hydrogen (secondary N) is 2. The van der Waals surface area contributed by atoms with Crippen LogP contribution in [0.1, 0.15) is 46.7 Å². The highest BCUT2D eigenvalue weighted by molar-refractivity contribution is 7.17. The highest BCUT2D eigenvalue weighted by atomic mass is 32.1. The molecule has 1 aliphatic carbocycles. The average Bonchev–Trinajstić information content (AvgIpc) is 3.08. The first-order valence-corrected chi connectivity index (χ1v) is 8.98. The molecule has 1 atom stereocenters. The van der Waals surface area contributed by atoms with Crippen molar-refractivity contribution in [1.82, 2.24) is 20.1 Å². The molecule has 2 aromatic rings. The van der Waals surface area contributed by atoms with E-state index in [1.807, 2.05) is 27.1 Å². The Morgan fingerprint density at radius 2 is 2.29 bits per heavy atom. The van der Waals surface area contributed by atoms with Gasteiger partial charge >= 0.3 is 0 Å². The first-order valence-electron chi connectivity index (χ1n) is 8.16. The fraction of sp³-hybridized carbons (Fsp3) is 0.562. The second-order valence-corrected chi connectivity index (χ2v) is 7.25. The molecule has 24 heavy (non-hydrogen) atoms. The van der Waals surface area contributed by atoms with Gasteiger partial charge in [0.25, 0.3) is 5.91 Å². The van der Waals surface area contributed by atoms with Gasteiger partial charge in [-0.25, -0.2) is 4.98 Å². The molecular weight excluding hydrogens is 326 g/mol. The van der Waals surface area contributed by atoms with E-state index in [1.54, 1.807) is 10.9 Å². The van der Waals surface area contributed by atoms with Crippen molar-refractivity contribution in [3.8, 4) is 0 Å².